The zero-order chi connectivity index (χ0) is 9.47. The van der Waals surface area contributed by atoms with Gasteiger partial charge in [0.05, 0.1) is 6.10 Å². The second kappa shape index (κ2) is 3.13. The summed E-state index contributed by atoms with van der Waals surface area (Å²) < 4.78 is 0. The van der Waals surface area contributed by atoms with Crippen molar-refractivity contribution in [1.82, 2.24) is 0 Å². The summed E-state index contributed by atoms with van der Waals surface area (Å²) in [6.45, 7) is 6.14. The normalized spacial score (nSPS) is 37.5. The number of aliphatic hydroxyl groups is 1. The van der Waals surface area contributed by atoms with Crippen LogP contribution in [0.15, 0.2) is 12.2 Å². The Morgan fingerprint density at radius 3 is 2.38 bits per heavy atom. The highest BCUT2D eigenvalue weighted by molar-refractivity contribution is 5.30. The molecule has 2 aliphatic rings. The maximum atomic E-state index is 10.2. The Morgan fingerprint density at radius 1 is 1.38 bits per heavy atom. The predicted octanol–water partition coefficient (Wildman–Crippen LogP) is 2.89. The highest BCUT2D eigenvalue weighted by atomic mass is 16.3. The second-order valence-electron chi connectivity index (χ2n) is 5.04. The van der Waals surface area contributed by atoms with Crippen molar-refractivity contribution in [2.45, 2.75) is 51.6 Å². The van der Waals surface area contributed by atoms with E-state index in [0.29, 0.717) is 5.92 Å². The van der Waals surface area contributed by atoms with E-state index >= 15 is 0 Å². The van der Waals surface area contributed by atoms with Crippen LogP contribution in [-0.4, -0.2) is 11.2 Å². The highest BCUT2D eigenvalue weighted by Crippen LogP contribution is 2.56. The quantitative estimate of drug-likeness (QED) is 0.648. The molecule has 0 aromatic heterocycles. The van der Waals surface area contributed by atoms with Crippen LogP contribution in [0.1, 0.15) is 45.4 Å². The molecule has 0 unspecified atom stereocenters. The first-order valence-electron chi connectivity index (χ1n) is 5.51. The van der Waals surface area contributed by atoms with Gasteiger partial charge in [0, 0.05) is 5.41 Å². The number of aliphatic hydroxyl groups excluding tert-OH is 1. The molecule has 0 heterocycles. The number of rotatable bonds is 2. The summed E-state index contributed by atoms with van der Waals surface area (Å²) in [6.07, 6.45) is 7.37. The predicted molar refractivity (Wildman–Crippen MR) is 54.4 cm³/mol. The molecule has 0 aromatic rings. The topological polar surface area (TPSA) is 20.2 Å². The molecule has 1 heteroatoms. The summed E-state index contributed by atoms with van der Waals surface area (Å²) in [5.41, 5.74) is 1.34. The molecule has 0 spiro atoms. The molecule has 2 rings (SSSR count). The Hall–Kier alpha value is -0.300. The second-order valence-corrected chi connectivity index (χ2v) is 5.04. The lowest BCUT2D eigenvalue weighted by molar-refractivity contribution is 0.0341. The van der Waals surface area contributed by atoms with Crippen LogP contribution in [0.3, 0.4) is 0 Å². The van der Waals surface area contributed by atoms with Gasteiger partial charge in [0.2, 0.25) is 0 Å². The Balaban J connectivity index is 1.96. The van der Waals surface area contributed by atoms with E-state index in [9.17, 15) is 5.11 Å². The van der Waals surface area contributed by atoms with Crippen LogP contribution in [0, 0.1) is 11.3 Å². The molecule has 2 atom stereocenters. The van der Waals surface area contributed by atoms with Crippen molar-refractivity contribution in [3.05, 3.63) is 12.2 Å². The fourth-order valence-electron chi connectivity index (χ4n) is 2.68. The van der Waals surface area contributed by atoms with Crippen molar-refractivity contribution >= 4 is 0 Å². The molecule has 0 amide bonds. The summed E-state index contributed by atoms with van der Waals surface area (Å²) in [4.78, 5) is 0. The van der Waals surface area contributed by atoms with Crippen LogP contribution in [0.4, 0.5) is 0 Å². The van der Waals surface area contributed by atoms with Gasteiger partial charge in [-0.2, -0.15) is 0 Å². The minimum Gasteiger partial charge on any atom is -0.392 e. The summed E-state index contributed by atoms with van der Waals surface area (Å²) in [6, 6.07) is 0. The summed E-state index contributed by atoms with van der Waals surface area (Å²) in [5.74, 6) is 0.554. The van der Waals surface area contributed by atoms with Gasteiger partial charge in [-0.05, 0) is 25.2 Å². The molecule has 0 saturated heterocycles. The van der Waals surface area contributed by atoms with Crippen LogP contribution in [0.25, 0.3) is 0 Å². The Bertz CT molecular complexity index is 215. The molecule has 0 aromatic carbocycles. The summed E-state index contributed by atoms with van der Waals surface area (Å²) in [7, 11) is 0. The van der Waals surface area contributed by atoms with E-state index in [1.165, 1.54) is 37.7 Å². The lowest BCUT2D eigenvalue weighted by Crippen LogP contribution is -2.30. The van der Waals surface area contributed by atoms with Crippen molar-refractivity contribution in [2.24, 2.45) is 11.3 Å². The molecular formula is C12H20O. The monoisotopic (exact) mass is 180 g/mol. The molecule has 2 aliphatic carbocycles. The van der Waals surface area contributed by atoms with Crippen molar-refractivity contribution in [2.75, 3.05) is 0 Å². The average Bonchev–Trinajstić information content (AvgIpc) is 2.76. The number of hydrogen-bond donors (Lipinski definition) is 1. The molecule has 2 fully saturated rings. The van der Waals surface area contributed by atoms with E-state index in [2.05, 4.69) is 13.5 Å². The largest absolute Gasteiger partial charge is 0.392 e. The van der Waals surface area contributed by atoms with Gasteiger partial charge in [-0.1, -0.05) is 38.3 Å². The minimum atomic E-state index is -0.111. The maximum Gasteiger partial charge on any atom is 0.0661 e. The van der Waals surface area contributed by atoms with Crippen LogP contribution in [-0.2, 0) is 0 Å². The SMILES string of the molecule is C=C1C[C@@]1(C)[C@H](O)C1CCCCC1. The van der Waals surface area contributed by atoms with E-state index < -0.39 is 0 Å². The first kappa shape index (κ1) is 9.26. The summed E-state index contributed by atoms with van der Waals surface area (Å²) in [5, 5.41) is 10.2. The van der Waals surface area contributed by atoms with Gasteiger partial charge in [0.1, 0.15) is 0 Å². The molecule has 74 valence electrons. The van der Waals surface area contributed by atoms with Crippen molar-refractivity contribution < 1.29 is 5.11 Å². The molecule has 13 heavy (non-hydrogen) atoms. The van der Waals surface area contributed by atoms with E-state index in [-0.39, 0.29) is 11.5 Å². The molecule has 0 aliphatic heterocycles. The van der Waals surface area contributed by atoms with Gasteiger partial charge in [-0.15, -0.1) is 0 Å². The fourth-order valence-corrected chi connectivity index (χ4v) is 2.68. The molecular weight excluding hydrogens is 160 g/mol. The van der Waals surface area contributed by atoms with Gasteiger partial charge in [0.15, 0.2) is 0 Å². The van der Waals surface area contributed by atoms with Crippen molar-refractivity contribution in [1.29, 1.82) is 0 Å². The van der Waals surface area contributed by atoms with E-state index in [0.717, 1.165) is 6.42 Å². The first-order valence-corrected chi connectivity index (χ1v) is 5.51. The highest BCUT2D eigenvalue weighted by Gasteiger charge is 2.50. The van der Waals surface area contributed by atoms with Gasteiger partial charge in [-0.3, -0.25) is 0 Å². The molecule has 1 N–H and O–H groups in total. The van der Waals surface area contributed by atoms with Crippen molar-refractivity contribution in [3.63, 3.8) is 0 Å². The van der Waals surface area contributed by atoms with E-state index in [1.807, 2.05) is 0 Å². The first-order chi connectivity index (χ1) is 6.14. The average molecular weight is 180 g/mol. The van der Waals surface area contributed by atoms with Gasteiger partial charge >= 0.3 is 0 Å². The Morgan fingerprint density at radius 2 is 1.92 bits per heavy atom. The molecule has 0 bridgehead atoms. The van der Waals surface area contributed by atoms with Crippen molar-refractivity contribution in [3.8, 4) is 0 Å². The summed E-state index contributed by atoms with van der Waals surface area (Å²) >= 11 is 0. The Kier molecular flexibility index (Phi) is 2.23. The number of hydrogen-bond acceptors (Lipinski definition) is 1. The van der Waals surface area contributed by atoms with Gasteiger partial charge < -0.3 is 5.11 Å². The molecule has 0 radical (unpaired) electrons. The third-order valence-electron chi connectivity index (χ3n) is 4.01. The fraction of sp³-hybridized carbons (Fsp3) is 0.833. The lowest BCUT2D eigenvalue weighted by Gasteiger charge is -2.30. The van der Waals surface area contributed by atoms with Gasteiger partial charge in [0.25, 0.3) is 0 Å². The third kappa shape index (κ3) is 1.54. The zero-order valence-electron chi connectivity index (χ0n) is 8.55. The maximum absolute atomic E-state index is 10.2. The zero-order valence-corrected chi connectivity index (χ0v) is 8.55. The van der Waals surface area contributed by atoms with E-state index in [1.54, 1.807) is 0 Å². The van der Waals surface area contributed by atoms with Crippen LogP contribution >= 0.6 is 0 Å². The van der Waals surface area contributed by atoms with Gasteiger partial charge in [-0.25, -0.2) is 0 Å². The molecule has 2 saturated carbocycles. The lowest BCUT2D eigenvalue weighted by atomic mass is 9.79. The minimum absolute atomic E-state index is 0.0853. The van der Waals surface area contributed by atoms with E-state index in [4.69, 9.17) is 0 Å². The third-order valence-corrected chi connectivity index (χ3v) is 4.01. The molecule has 1 nitrogen and oxygen atoms in total. The smallest absolute Gasteiger partial charge is 0.0661 e. The van der Waals surface area contributed by atoms with Crippen LogP contribution in [0.2, 0.25) is 0 Å². The standard InChI is InChI=1S/C12H20O/c1-9-8-12(9,2)11(13)10-6-4-3-5-7-10/h10-11,13H,1,3-8H2,2H3/t11-,12-/m1/s1. The van der Waals surface area contributed by atoms with Crippen LogP contribution in [0.5, 0.6) is 0 Å². The van der Waals surface area contributed by atoms with Crippen LogP contribution < -0.4 is 0 Å². The Labute approximate surface area is 80.8 Å².